The third-order valence-electron chi connectivity index (χ3n) is 8.39. The number of fused-ring (bicyclic) bond motifs is 3. The topological polar surface area (TPSA) is 25.2 Å². The third-order valence-corrected chi connectivity index (χ3v) is 8.39. The molecule has 0 radical (unpaired) electrons. The maximum Gasteiger partial charge on any atom is 0.197 e. The van der Waals surface area contributed by atoms with Crippen LogP contribution in [0.25, 0.3) is 49.4 Å². The molecule has 0 amide bonds. The molecule has 0 aliphatic carbocycles. The molecule has 0 spiro atoms. The number of aromatic nitrogens is 1. The van der Waals surface area contributed by atoms with E-state index < -0.39 is 0 Å². The molecule has 0 unspecified atom stereocenters. The highest BCUT2D eigenvalue weighted by Crippen LogP contribution is 2.39. The first-order valence-corrected chi connectivity index (χ1v) is 14.8. The molecule has 1 aromatic heterocycles. The average Bonchev–Trinajstić information content (AvgIpc) is 3.10. The summed E-state index contributed by atoms with van der Waals surface area (Å²) in [7, 11) is 0. The van der Waals surface area contributed by atoms with Crippen molar-refractivity contribution in [3.63, 3.8) is 0 Å². The van der Waals surface area contributed by atoms with Crippen LogP contribution in [0.5, 0.6) is 0 Å². The first-order chi connectivity index (χ1) is 21.8. The van der Waals surface area contributed by atoms with E-state index in [0.29, 0.717) is 0 Å². The van der Waals surface area contributed by atoms with Crippen molar-refractivity contribution < 1.29 is 0 Å². The average molecular weight is 565 g/mol. The highest BCUT2D eigenvalue weighted by molar-refractivity contribution is 5.99. The second-order valence-electron chi connectivity index (χ2n) is 11.0. The van der Waals surface area contributed by atoms with Gasteiger partial charge in [-0.2, -0.15) is 0 Å². The van der Waals surface area contributed by atoms with Gasteiger partial charge in [0.1, 0.15) is 0 Å². The Labute approximate surface area is 255 Å². The molecule has 0 saturated carbocycles. The first kappa shape index (κ1) is 25.8. The van der Waals surface area contributed by atoms with Crippen molar-refractivity contribution in [2.75, 3.05) is 4.90 Å². The molecule has 7 aromatic carbocycles. The predicted molar refractivity (Wildman–Crippen MR) is 185 cm³/mol. The fraction of sp³-hybridized carbons (Fsp3) is 0. The van der Waals surface area contributed by atoms with E-state index in [2.05, 4.69) is 131 Å². The second-order valence-corrected chi connectivity index (χ2v) is 11.0. The van der Waals surface area contributed by atoms with Crippen molar-refractivity contribution in [1.82, 2.24) is 4.57 Å². The lowest BCUT2D eigenvalue weighted by atomic mass is 10.0. The van der Waals surface area contributed by atoms with Crippen LogP contribution in [0.4, 0.5) is 17.1 Å². The molecular weight excluding hydrogens is 536 g/mol. The van der Waals surface area contributed by atoms with Crippen molar-refractivity contribution in [3.8, 4) is 16.8 Å². The Bertz CT molecular complexity index is 2270. The smallest absolute Gasteiger partial charge is 0.197 e. The Kier molecular flexibility index (Phi) is 6.28. The van der Waals surface area contributed by atoms with Crippen LogP contribution in [0, 0.1) is 0 Å². The molecule has 3 heteroatoms. The fourth-order valence-corrected chi connectivity index (χ4v) is 6.29. The van der Waals surface area contributed by atoms with E-state index in [1.807, 2.05) is 48.5 Å². The third kappa shape index (κ3) is 4.34. The van der Waals surface area contributed by atoms with E-state index in [9.17, 15) is 4.79 Å². The van der Waals surface area contributed by atoms with Gasteiger partial charge in [-0.1, -0.05) is 103 Å². The van der Waals surface area contributed by atoms with E-state index >= 15 is 0 Å². The van der Waals surface area contributed by atoms with Crippen molar-refractivity contribution >= 4 is 49.6 Å². The van der Waals surface area contributed by atoms with E-state index in [0.717, 1.165) is 55.7 Å². The van der Waals surface area contributed by atoms with Gasteiger partial charge in [0.25, 0.3) is 0 Å². The van der Waals surface area contributed by atoms with Crippen LogP contribution in [0.2, 0.25) is 0 Å². The quantitative estimate of drug-likeness (QED) is 0.194. The molecule has 0 N–H and O–H groups in total. The highest BCUT2D eigenvalue weighted by Gasteiger charge is 2.16. The van der Waals surface area contributed by atoms with Gasteiger partial charge in [0.15, 0.2) is 5.43 Å². The second kappa shape index (κ2) is 10.7. The molecule has 44 heavy (non-hydrogen) atoms. The van der Waals surface area contributed by atoms with Crippen LogP contribution in [-0.4, -0.2) is 4.57 Å². The summed E-state index contributed by atoms with van der Waals surface area (Å²) < 4.78 is 2.18. The minimum absolute atomic E-state index is 0.0669. The Morgan fingerprint density at radius 3 is 1.57 bits per heavy atom. The van der Waals surface area contributed by atoms with Gasteiger partial charge in [-0.25, -0.2) is 0 Å². The van der Waals surface area contributed by atoms with Crippen LogP contribution in [0.3, 0.4) is 0 Å². The molecule has 8 rings (SSSR count). The number of nitrogens with zero attached hydrogens (tertiary/aromatic N) is 2. The first-order valence-electron chi connectivity index (χ1n) is 14.8. The van der Waals surface area contributed by atoms with Gasteiger partial charge in [-0.15, -0.1) is 0 Å². The molecule has 8 aromatic rings. The van der Waals surface area contributed by atoms with Crippen LogP contribution in [-0.2, 0) is 0 Å². The van der Waals surface area contributed by atoms with Gasteiger partial charge < -0.3 is 9.47 Å². The molecule has 0 saturated heterocycles. The summed E-state index contributed by atoms with van der Waals surface area (Å²) in [5.41, 5.74) is 8.52. The number of anilines is 3. The van der Waals surface area contributed by atoms with Gasteiger partial charge in [-0.3, -0.25) is 4.79 Å². The van der Waals surface area contributed by atoms with Crippen molar-refractivity contribution in [2.45, 2.75) is 0 Å². The number of rotatable bonds is 5. The lowest BCUT2D eigenvalue weighted by Gasteiger charge is -2.27. The van der Waals surface area contributed by atoms with E-state index in [1.165, 1.54) is 10.8 Å². The minimum Gasteiger partial charge on any atom is -0.310 e. The Morgan fingerprint density at radius 1 is 0.409 bits per heavy atom. The van der Waals surface area contributed by atoms with Gasteiger partial charge >= 0.3 is 0 Å². The monoisotopic (exact) mass is 564 g/mol. The molecule has 0 bridgehead atoms. The van der Waals surface area contributed by atoms with Gasteiger partial charge in [-0.05, 0) is 83.2 Å². The Balaban J connectivity index is 1.19. The van der Waals surface area contributed by atoms with Gasteiger partial charge in [0.05, 0.1) is 16.7 Å². The number of hydrogen-bond donors (Lipinski definition) is 0. The molecule has 208 valence electrons. The number of pyridine rings is 1. The van der Waals surface area contributed by atoms with Crippen LogP contribution >= 0.6 is 0 Å². The zero-order valence-electron chi connectivity index (χ0n) is 24.0. The molecule has 0 aliphatic rings. The summed E-state index contributed by atoms with van der Waals surface area (Å²) in [5.74, 6) is 0. The predicted octanol–water partition coefficient (Wildman–Crippen LogP) is 10.4. The Hall–Kier alpha value is -5.93. The summed E-state index contributed by atoms with van der Waals surface area (Å²) in [4.78, 5) is 15.5. The minimum atomic E-state index is 0.0669. The van der Waals surface area contributed by atoms with Crippen LogP contribution in [0.1, 0.15) is 0 Å². The Morgan fingerprint density at radius 2 is 0.909 bits per heavy atom. The van der Waals surface area contributed by atoms with Crippen LogP contribution < -0.4 is 10.3 Å². The molecule has 0 atom stereocenters. The molecule has 0 fully saturated rings. The van der Waals surface area contributed by atoms with Crippen molar-refractivity contribution in [3.05, 3.63) is 180 Å². The van der Waals surface area contributed by atoms with Gasteiger partial charge in [0.2, 0.25) is 0 Å². The number of hydrogen-bond acceptors (Lipinski definition) is 2. The molecule has 3 nitrogen and oxygen atoms in total. The summed E-state index contributed by atoms with van der Waals surface area (Å²) in [6.45, 7) is 0. The van der Waals surface area contributed by atoms with Crippen LogP contribution in [0.15, 0.2) is 175 Å². The SMILES string of the molecule is O=c1c2ccccc2n(-c2ccc(-c3ccc(N(c4ccccc4)c4cccc5ccccc45)cc3)cc2)c2ccccc12. The van der Waals surface area contributed by atoms with E-state index in [1.54, 1.807) is 0 Å². The maximum atomic E-state index is 13.2. The number of para-hydroxylation sites is 3. The summed E-state index contributed by atoms with van der Waals surface area (Å²) in [6, 6.07) is 58.6. The molecular formula is C41H28N2O. The van der Waals surface area contributed by atoms with Crippen molar-refractivity contribution in [1.29, 1.82) is 0 Å². The van der Waals surface area contributed by atoms with E-state index in [-0.39, 0.29) is 5.43 Å². The normalized spacial score (nSPS) is 11.3. The summed E-state index contributed by atoms with van der Waals surface area (Å²) in [5, 5.41) is 3.87. The largest absolute Gasteiger partial charge is 0.310 e. The zero-order chi connectivity index (χ0) is 29.5. The number of benzene rings is 7. The fourth-order valence-electron chi connectivity index (χ4n) is 6.29. The summed E-state index contributed by atoms with van der Waals surface area (Å²) >= 11 is 0. The zero-order valence-corrected chi connectivity index (χ0v) is 24.0. The highest BCUT2D eigenvalue weighted by atomic mass is 16.1. The lowest BCUT2D eigenvalue weighted by molar-refractivity contribution is 1.16. The molecule has 0 aliphatic heterocycles. The van der Waals surface area contributed by atoms with Crippen molar-refractivity contribution in [2.24, 2.45) is 0 Å². The van der Waals surface area contributed by atoms with Gasteiger partial charge in [0, 0.05) is 33.2 Å². The van der Waals surface area contributed by atoms with E-state index in [4.69, 9.17) is 0 Å². The standard InChI is InChI=1S/C41H28N2O/c44-41-36-16-6-8-18-39(36)43(40-19-9-7-17-37(40)41)34-27-23-30(24-28-34)29-21-25-33(26-22-29)42(32-13-2-1-3-14-32)38-20-10-12-31-11-4-5-15-35(31)38/h1-28H. The lowest BCUT2D eigenvalue weighted by Crippen LogP contribution is -2.10. The maximum absolute atomic E-state index is 13.2. The molecule has 1 heterocycles. The summed E-state index contributed by atoms with van der Waals surface area (Å²) in [6.07, 6.45) is 0.